The van der Waals surface area contributed by atoms with Crippen LogP contribution in [0.5, 0.6) is 11.5 Å². The van der Waals surface area contributed by atoms with Crippen molar-refractivity contribution in [1.82, 2.24) is 0 Å². The lowest BCUT2D eigenvalue weighted by atomic mass is 10.1. The highest BCUT2D eigenvalue weighted by Crippen LogP contribution is 2.47. The van der Waals surface area contributed by atoms with Crippen LogP contribution in [0, 0.1) is 10.1 Å². The first-order valence-corrected chi connectivity index (χ1v) is 8.33. The number of hydrogen-bond donors (Lipinski definition) is 2. The molecule has 0 aromatic heterocycles. The summed E-state index contributed by atoms with van der Waals surface area (Å²) in [6, 6.07) is 9.11. The average Bonchev–Trinajstić information content (AvgIpc) is 3.20. The Morgan fingerprint density at radius 2 is 1.85 bits per heavy atom. The molecule has 1 spiro atoms. The van der Waals surface area contributed by atoms with Crippen molar-refractivity contribution < 1.29 is 19.2 Å². The molecule has 2 aliphatic rings. The summed E-state index contributed by atoms with van der Waals surface area (Å²) in [6.07, 6.45) is 3.82. The minimum atomic E-state index is -0.617. The number of nitrogens with zero attached hydrogens (tertiary/aromatic N) is 1. The van der Waals surface area contributed by atoms with E-state index in [-0.39, 0.29) is 16.9 Å². The molecule has 26 heavy (non-hydrogen) atoms. The smallest absolute Gasteiger partial charge is 0.292 e. The number of carbonyl (C=O) groups excluding carboxylic acids is 1. The Labute approximate surface area is 149 Å². The molecular formula is C18H17N3O5. The Bertz CT molecular complexity index is 906. The van der Waals surface area contributed by atoms with Crippen LogP contribution in [0.4, 0.5) is 17.1 Å². The second-order valence-electron chi connectivity index (χ2n) is 6.47. The molecule has 2 aromatic carbocycles. The third kappa shape index (κ3) is 2.79. The van der Waals surface area contributed by atoms with E-state index in [4.69, 9.17) is 15.2 Å². The summed E-state index contributed by atoms with van der Waals surface area (Å²) >= 11 is 0. The molecule has 0 atom stereocenters. The second-order valence-corrected chi connectivity index (χ2v) is 6.47. The number of amides is 1. The van der Waals surface area contributed by atoms with Crippen LogP contribution < -0.4 is 20.5 Å². The summed E-state index contributed by atoms with van der Waals surface area (Å²) in [7, 11) is 0. The molecule has 8 nitrogen and oxygen atoms in total. The van der Waals surface area contributed by atoms with Crippen molar-refractivity contribution in [3.8, 4) is 11.5 Å². The molecule has 0 saturated heterocycles. The minimum Gasteiger partial charge on any atom is -0.448 e. The molecule has 3 N–H and O–H groups in total. The number of carbonyl (C=O) groups is 1. The summed E-state index contributed by atoms with van der Waals surface area (Å²) in [5, 5.41) is 13.7. The maximum absolute atomic E-state index is 12.4. The lowest BCUT2D eigenvalue weighted by Gasteiger charge is -2.21. The van der Waals surface area contributed by atoms with Gasteiger partial charge in [-0.3, -0.25) is 14.9 Å². The summed E-state index contributed by atoms with van der Waals surface area (Å²) in [4.78, 5) is 22.8. The van der Waals surface area contributed by atoms with Crippen LogP contribution in [0.15, 0.2) is 36.4 Å². The van der Waals surface area contributed by atoms with Gasteiger partial charge in [0, 0.05) is 36.2 Å². The fraction of sp³-hybridized carbons (Fsp3) is 0.278. The van der Waals surface area contributed by atoms with Crippen LogP contribution >= 0.6 is 0 Å². The van der Waals surface area contributed by atoms with E-state index in [0.29, 0.717) is 17.2 Å². The van der Waals surface area contributed by atoms with Gasteiger partial charge in [-0.15, -0.1) is 0 Å². The maximum atomic E-state index is 12.4. The SMILES string of the molecule is Nc1ccc(C(=O)Nc2ccc3c(c2)OC2(CCCC2)O3)cc1[N+](=O)[O-]. The van der Waals surface area contributed by atoms with Gasteiger partial charge in [-0.2, -0.15) is 0 Å². The molecular weight excluding hydrogens is 338 g/mol. The standard InChI is InChI=1S/C18H17N3O5/c19-13-5-3-11(9-14(13)21(23)24)17(22)20-12-4-6-15-16(10-12)26-18(25-15)7-1-2-8-18/h3-6,9-10H,1-2,7-8,19H2,(H,20,22). The third-order valence-corrected chi connectivity index (χ3v) is 4.65. The van der Waals surface area contributed by atoms with Gasteiger partial charge in [-0.05, 0) is 37.1 Å². The van der Waals surface area contributed by atoms with Gasteiger partial charge in [-0.25, -0.2) is 0 Å². The van der Waals surface area contributed by atoms with Gasteiger partial charge in [0.25, 0.3) is 17.4 Å². The summed E-state index contributed by atoms with van der Waals surface area (Å²) in [6.45, 7) is 0. The molecule has 1 aliphatic heterocycles. The lowest BCUT2D eigenvalue weighted by molar-refractivity contribution is -0.383. The molecule has 0 radical (unpaired) electrons. The summed E-state index contributed by atoms with van der Waals surface area (Å²) < 4.78 is 11.9. The van der Waals surface area contributed by atoms with E-state index in [0.717, 1.165) is 31.7 Å². The van der Waals surface area contributed by atoms with E-state index in [1.807, 2.05) is 0 Å². The van der Waals surface area contributed by atoms with Gasteiger partial charge in [0.05, 0.1) is 4.92 Å². The van der Waals surface area contributed by atoms with Crippen molar-refractivity contribution in [2.75, 3.05) is 11.1 Å². The average molecular weight is 355 g/mol. The highest BCUT2D eigenvalue weighted by atomic mass is 16.7. The van der Waals surface area contributed by atoms with Gasteiger partial charge < -0.3 is 20.5 Å². The van der Waals surface area contributed by atoms with E-state index in [9.17, 15) is 14.9 Å². The van der Waals surface area contributed by atoms with E-state index in [2.05, 4.69) is 5.32 Å². The van der Waals surface area contributed by atoms with Crippen LogP contribution in [0.1, 0.15) is 36.0 Å². The number of benzene rings is 2. The van der Waals surface area contributed by atoms with Crippen molar-refractivity contribution in [2.45, 2.75) is 31.5 Å². The number of nitrogens with one attached hydrogen (secondary N) is 1. The largest absolute Gasteiger partial charge is 0.448 e. The first-order valence-electron chi connectivity index (χ1n) is 8.33. The number of ether oxygens (including phenoxy) is 2. The predicted octanol–water partition coefficient (Wildman–Crippen LogP) is 3.47. The molecule has 1 aliphatic carbocycles. The Morgan fingerprint density at radius 1 is 1.12 bits per heavy atom. The Balaban J connectivity index is 1.53. The van der Waals surface area contributed by atoms with Crippen LogP contribution in [0.25, 0.3) is 0 Å². The normalized spacial score (nSPS) is 16.6. The molecule has 134 valence electrons. The number of anilines is 2. The first kappa shape index (κ1) is 16.2. The Morgan fingerprint density at radius 3 is 2.58 bits per heavy atom. The van der Waals surface area contributed by atoms with Gasteiger partial charge in [0.2, 0.25) is 0 Å². The number of nitro benzene ring substituents is 1. The van der Waals surface area contributed by atoms with Crippen molar-refractivity contribution >= 4 is 23.0 Å². The monoisotopic (exact) mass is 355 g/mol. The highest BCUT2D eigenvalue weighted by Gasteiger charge is 2.44. The van der Waals surface area contributed by atoms with Gasteiger partial charge >= 0.3 is 0 Å². The van der Waals surface area contributed by atoms with Crippen LogP contribution in [-0.4, -0.2) is 16.6 Å². The summed E-state index contributed by atoms with van der Waals surface area (Å²) in [5.41, 5.74) is 5.94. The molecule has 0 bridgehead atoms. The summed E-state index contributed by atoms with van der Waals surface area (Å²) in [5.74, 6) is 0.214. The number of fused-ring (bicyclic) bond motifs is 1. The zero-order valence-electron chi connectivity index (χ0n) is 13.9. The Hall–Kier alpha value is -3.29. The van der Waals surface area contributed by atoms with Crippen LogP contribution in [0.2, 0.25) is 0 Å². The molecule has 4 rings (SSSR count). The second kappa shape index (κ2) is 5.91. The van der Waals surface area contributed by atoms with Gasteiger partial charge in [0.15, 0.2) is 11.5 Å². The Kier molecular flexibility index (Phi) is 3.68. The molecule has 1 heterocycles. The zero-order valence-corrected chi connectivity index (χ0v) is 13.9. The van der Waals surface area contributed by atoms with Crippen molar-refractivity contribution in [3.05, 3.63) is 52.1 Å². The number of hydrogen-bond acceptors (Lipinski definition) is 6. The number of nitrogens with two attached hydrogens (primary N) is 1. The zero-order chi connectivity index (χ0) is 18.3. The lowest BCUT2D eigenvalue weighted by Crippen LogP contribution is -2.34. The van der Waals surface area contributed by atoms with Crippen LogP contribution in [0.3, 0.4) is 0 Å². The molecule has 1 fully saturated rings. The molecule has 2 aromatic rings. The van der Waals surface area contributed by atoms with Crippen molar-refractivity contribution in [3.63, 3.8) is 0 Å². The highest BCUT2D eigenvalue weighted by molar-refractivity contribution is 6.05. The molecule has 1 amide bonds. The predicted molar refractivity (Wildman–Crippen MR) is 94.4 cm³/mol. The number of nitro groups is 1. The first-order chi connectivity index (χ1) is 12.5. The fourth-order valence-corrected chi connectivity index (χ4v) is 3.34. The van der Waals surface area contributed by atoms with E-state index < -0.39 is 16.6 Å². The van der Waals surface area contributed by atoms with Crippen LogP contribution in [-0.2, 0) is 0 Å². The number of rotatable bonds is 3. The maximum Gasteiger partial charge on any atom is 0.292 e. The van der Waals surface area contributed by atoms with Gasteiger partial charge in [-0.1, -0.05) is 0 Å². The molecule has 1 saturated carbocycles. The fourth-order valence-electron chi connectivity index (χ4n) is 3.34. The van der Waals surface area contributed by atoms with E-state index in [1.165, 1.54) is 12.1 Å². The topological polar surface area (TPSA) is 117 Å². The van der Waals surface area contributed by atoms with Crippen molar-refractivity contribution in [2.24, 2.45) is 0 Å². The van der Waals surface area contributed by atoms with Gasteiger partial charge in [0.1, 0.15) is 5.69 Å². The van der Waals surface area contributed by atoms with E-state index in [1.54, 1.807) is 18.2 Å². The third-order valence-electron chi connectivity index (χ3n) is 4.65. The molecule has 8 heteroatoms. The quantitative estimate of drug-likeness (QED) is 0.495. The molecule has 0 unspecified atom stereocenters. The van der Waals surface area contributed by atoms with E-state index >= 15 is 0 Å². The minimum absolute atomic E-state index is 0.0106. The van der Waals surface area contributed by atoms with Crippen molar-refractivity contribution in [1.29, 1.82) is 0 Å². The number of nitrogen functional groups attached to an aromatic ring is 1.